The van der Waals surface area contributed by atoms with Crippen molar-refractivity contribution in [3.05, 3.63) is 34.8 Å². The van der Waals surface area contributed by atoms with E-state index in [1.165, 1.54) is 29.5 Å². The lowest BCUT2D eigenvalue weighted by Crippen LogP contribution is -2.53. The first-order chi connectivity index (χ1) is 17.3. The fourth-order valence-electron chi connectivity index (χ4n) is 5.38. The van der Waals surface area contributed by atoms with Crippen LogP contribution in [0.25, 0.3) is 10.6 Å². The number of likely N-dealkylation sites (tertiary alicyclic amines) is 1. The van der Waals surface area contributed by atoms with Gasteiger partial charge in [0.2, 0.25) is 0 Å². The Morgan fingerprint density at radius 2 is 2.08 bits per heavy atom. The number of ether oxygens (including phenoxy) is 2. The monoisotopic (exact) mass is 540 g/mol. The Hall–Kier alpha value is -2.17. The Morgan fingerprint density at radius 1 is 1.35 bits per heavy atom. The largest absolute Gasteiger partial charge is 0.481 e. The molecule has 0 amide bonds. The van der Waals surface area contributed by atoms with Crippen molar-refractivity contribution in [2.75, 3.05) is 26.3 Å². The van der Waals surface area contributed by atoms with Crippen LogP contribution >= 0.6 is 11.3 Å². The van der Waals surface area contributed by atoms with E-state index in [-0.39, 0.29) is 30.3 Å². The molecule has 4 rings (SSSR count). The van der Waals surface area contributed by atoms with E-state index in [1.54, 1.807) is 6.20 Å². The summed E-state index contributed by atoms with van der Waals surface area (Å²) < 4.78 is 50.9. The minimum atomic E-state index is -3.03. The van der Waals surface area contributed by atoms with Gasteiger partial charge in [-0.15, -0.1) is 11.3 Å². The Morgan fingerprint density at radius 3 is 2.65 bits per heavy atom. The highest BCUT2D eigenvalue weighted by Crippen LogP contribution is 2.45. The molecule has 2 aliphatic rings. The number of halogens is 3. The molecule has 0 bridgehead atoms. The minimum Gasteiger partial charge on any atom is -0.481 e. The van der Waals surface area contributed by atoms with Crippen molar-refractivity contribution in [1.82, 2.24) is 9.88 Å². The third-order valence-electron chi connectivity index (χ3n) is 7.59. The molecule has 1 aromatic heterocycles. The molecular formula is C27H35F3N2O4S. The number of alkyl halides is 3. The zero-order valence-corrected chi connectivity index (χ0v) is 22.5. The lowest BCUT2D eigenvalue weighted by Gasteiger charge is -2.48. The summed E-state index contributed by atoms with van der Waals surface area (Å²) in [7, 11) is 0. The lowest BCUT2D eigenvalue weighted by molar-refractivity contribution is -0.156. The first kappa shape index (κ1) is 27.9. The van der Waals surface area contributed by atoms with Gasteiger partial charge in [0.25, 0.3) is 0 Å². The van der Waals surface area contributed by atoms with Gasteiger partial charge in [-0.2, -0.15) is 8.78 Å². The van der Waals surface area contributed by atoms with Crippen molar-refractivity contribution in [3.8, 4) is 16.3 Å². The number of carboxylic acid groups (broad SMARTS) is 1. The molecular weight excluding hydrogens is 505 g/mol. The molecule has 2 atom stereocenters. The highest BCUT2D eigenvalue weighted by molar-refractivity contribution is 7.15. The second kappa shape index (κ2) is 10.5. The van der Waals surface area contributed by atoms with Crippen LogP contribution in [0.3, 0.4) is 0 Å². The first-order valence-electron chi connectivity index (χ1n) is 12.6. The molecule has 0 unspecified atom stereocenters. The zero-order valence-electron chi connectivity index (χ0n) is 21.7. The van der Waals surface area contributed by atoms with Crippen molar-refractivity contribution < 1.29 is 32.5 Å². The minimum absolute atomic E-state index is 0.0541. The van der Waals surface area contributed by atoms with Gasteiger partial charge < -0.3 is 14.6 Å². The maximum atomic E-state index is 15.0. The lowest BCUT2D eigenvalue weighted by atomic mass is 9.65. The van der Waals surface area contributed by atoms with Crippen LogP contribution in [-0.4, -0.2) is 53.9 Å². The summed E-state index contributed by atoms with van der Waals surface area (Å²) in [5.74, 6) is -0.629. The van der Waals surface area contributed by atoms with E-state index >= 15 is 0 Å². The molecule has 1 N–H and O–H groups in total. The molecule has 10 heteroatoms. The van der Waals surface area contributed by atoms with E-state index in [2.05, 4.69) is 30.7 Å². The Bertz CT molecular complexity index is 1120. The molecule has 2 aromatic rings. The number of benzene rings is 1. The number of thiazole rings is 1. The summed E-state index contributed by atoms with van der Waals surface area (Å²) >= 11 is 1.32. The molecule has 3 heterocycles. The molecule has 0 radical (unpaired) electrons. The summed E-state index contributed by atoms with van der Waals surface area (Å²) in [6.45, 7) is 6.94. The van der Waals surface area contributed by atoms with Crippen LogP contribution in [0.4, 0.5) is 13.2 Å². The van der Waals surface area contributed by atoms with E-state index < -0.39 is 23.7 Å². The highest BCUT2D eigenvalue weighted by Gasteiger charge is 2.47. The number of nitrogens with zero attached hydrogens (tertiary/aromatic N) is 2. The van der Waals surface area contributed by atoms with Crippen molar-refractivity contribution in [2.45, 2.75) is 65.8 Å². The number of aliphatic carboxylic acids is 1. The van der Waals surface area contributed by atoms with Crippen LogP contribution < -0.4 is 4.74 Å². The Labute approximate surface area is 219 Å². The Kier molecular flexibility index (Phi) is 7.93. The summed E-state index contributed by atoms with van der Waals surface area (Å²) in [6.07, 6.45) is 3.71. The number of hydrogen-bond donors (Lipinski definition) is 1. The summed E-state index contributed by atoms with van der Waals surface area (Å²) in [6, 6.07) is 4.30. The SMILES string of the molecule is CCC[C@@]1(C(=O)O)C[C@@H](C(C)(C)C)CN(Cc2cnc(-c3cc(C4(F)COC4)ccc3OC(F)F)s2)C1. The van der Waals surface area contributed by atoms with Crippen molar-refractivity contribution in [1.29, 1.82) is 0 Å². The van der Waals surface area contributed by atoms with Gasteiger partial charge in [-0.3, -0.25) is 9.69 Å². The predicted octanol–water partition coefficient (Wildman–Crippen LogP) is 6.35. The number of rotatable bonds is 9. The maximum Gasteiger partial charge on any atom is 0.387 e. The molecule has 6 nitrogen and oxygen atoms in total. The summed E-state index contributed by atoms with van der Waals surface area (Å²) in [4.78, 5) is 19.9. The fourth-order valence-corrected chi connectivity index (χ4v) is 6.35. The van der Waals surface area contributed by atoms with Crippen molar-refractivity contribution in [2.24, 2.45) is 16.7 Å². The predicted molar refractivity (Wildman–Crippen MR) is 136 cm³/mol. The highest BCUT2D eigenvalue weighted by atomic mass is 32.1. The molecule has 1 aromatic carbocycles. The Balaban J connectivity index is 1.61. The number of carboxylic acids is 1. The van der Waals surface area contributed by atoms with Gasteiger partial charge >= 0.3 is 12.6 Å². The van der Waals surface area contributed by atoms with E-state index in [0.29, 0.717) is 42.1 Å². The molecule has 0 aliphatic carbocycles. The maximum absolute atomic E-state index is 15.0. The number of carbonyl (C=O) groups is 1. The van der Waals surface area contributed by atoms with Crippen LogP contribution in [0.5, 0.6) is 5.75 Å². The average molecular weight is 541 g/mol. The van der Waals surface area contributed by atoms with Crippen LogP contribution in [-0.2, 0) is 21.7 Å². The van der Waals surface area contributed by atoms with Gasteiger partial charge in [-0.05, 0) is 41.9 Å². The van der Waals surface area contributed by atoms with E-state index in [4.69, 9.17) is 9.47 Å². The van der Waals surface area contributed by atoms with Gasteiger partial charge in [0.1, 0.15) is 10.8 Å². The standard InChI is InChI=1S/C27H35F3N2O4S/c1-5-8-26(23(33)34)10-18(25(2,3)4)12-32(14-26)13-19-11-31-22(37-19)20-9-17(27(30)15-35-16-27)6-7-21(20)36-24(28)29/h6-7,9,11,18,24H,5,8,10,12-16H2,1-4H3,(H,33,34)/t18-,26-/m1/s1. The van der Waals surface area contributed by atoms with E-state index in [1.807, 2.05) is 6.92 Å². The van der Waals surface area contributed by atoms with Gasteiger partial charge in [-0.25, -0.2) is 9.37 Å². The molecule has 0 spiro atoms. The topological polar surface area (TPSA) is 71.9 Å². The number of aromatic nitrogens is 1. The van der Waals surface area contributed by atoms with Crippen molar-refractivity contribution >= 4 is 17.3 Å². The zero-order chi connectivity index (χ0) is 27.0. The van der Waals surface area contributed by atoms with Gasteiger partial charge in [0, 0.05) is 30.7 Å². The quantitative estimate of drug-likeness (QED) is 0.400. The molecule has 2 saturated heterocycles. The van der Waals surface area contributed by atoms with E-state index in [9.17, 15) is 23.1 Å². The summed E-state index contributed by atoms with van der Waals surface area (Å²) in [5.41, 5.74) is -1.89. The number of piperidine rings is 1. The fraction of sp³-hybridized carbons (Fsp3) is 0.630. The average Bonchev–Trinajstić information content (AvgIpc) is 3.25. The third kappa shape index (κ3) is 5.96. The van der Waals surface area contributed by atoms with Crippen LogP contribution in [0, 0.1) is 16.7 Å². The second-order valence-corrected chi connectivity index (χ2v) is 12.6. The van der Waals surface area contributed by atoms with Crippen LogP contribution in [0.1, 0.15) is 57.4 Å². The smallest absolute Gasteiger partial charge is 0.387 e. The molecule has 0 saturated carbocycles. The third-order valence-corrected chi connectivity index (χ3v) is 8.60. The normalized spacial score (nSPS) is 24.2. The van der Waals surface area contributed by atoms with Gasteiger partial charge in [0.05, 0.1) is 24.2 Å². The summed E-state index contributed by atoms with van der Waals surface area (Å²) in [5, 5.41) is 10.7. The van der Waals surface area contributed by atoms with Crippen molar-refractivity contribution in [3.63, 3.8) is 0 Å². The number of hydrogen-bond acceptors (Lipinski definition) is 6. The molecule has 2 fully saturated rings. The second-order valence-electron chi connectivity index (χ2n) is 11.5. The van der Waals surface area contributed by atoms with Gasteiger partial charge in [0.15, 0.2) is 5.67 Å². The molecule has 37 heavy (non-hydrogen) atoms. The first-order valence-corrected chi connectivity index (χ1v) is 13.4. The van der Waals surface area contributed by atoms with Crippen LogP contribution in [0.2, 0.25) is 0 Å². The molecule has 2 aliphatic heterocycles. The van der Waals surface area contributed by atoms with Gasteiger partial charge in [-0.1, -0.05) is 40.2 Å². The van der Waals surface area contributed by atoms with Crippen LogP contribution in [0.15, 0.2) is 24.4 Å². The van der Waals surface area contributed by atoms with E-state index in [0.717, 1.165) is 17.8 Å². The molecule has 204 valence electrons.